The predicted octanol–water partition coefficient (Wildman–Crippen LogP) is 1.49. The number of hydrogen-bond acceptors (Lipinski definition) is 1. The summed E-state index contributed by atoms with van der Waals surface area (Å²) in [7, 11) is 0. The maximum atomic E-state index is 10.7. The summed E-state index contributed by atoms with van der Waals surface area (Å²) < 4.78 is 0. The quantitative estimate of drug-likeness (QED) is 0.426. The molecule has 2 nitrogen and oxygen atoms in total. The molecule has 0 radical (unpaired) electrons. The maximum Gasteiger partial charge on any atom is 0.285 e. The Balaban J connectivity index is 4.19. The summed E-state index contributed by atoms with van der Waals surface area (Å²) in [6.45, 7) is 9.71. The topological polar surface area (TPSA) is 21.4 Å². The lowest BCUT2D eigenvalue weighted by atomic mass is 10.0. The van der Waals surface area contributed by atoms with Crippen molar-refractivity contribution >= 4 is 17.4 Å². The summed E-state index contributed by atoms with van der Waals surface area (Å²) in [5, 5.41) is 0. The van der Waals surface area contributed by atoms with Crippen LogP contribution in [0.5, 0.6) is 0 Å². The average Bonchev–Trinajstić information content (AvgIpc) is 1.86. The summed E-state index contributed by atoms with van der Waals surface area (Å²) >= 11 is 5.22. The van der Waals surface area contributed by atoms with Gasteiger partial charge in [-0.2, -0.15) is 0 Å². The van der Waals surface area contributed by atoms with Crippen LogP contribution in [0.25, 0.3) is 4.85 Å². The lowest BCUT2D eigenvalue weighted by molar-refractivity contribution is -0.119. The smallest absolute Gasteiger partial charge is 0.285 e. The number of ketones is 1. The Bertz CT molecular complexity index is 157. The van der Waals surface area contributed by atoms with Gasteiger partial charge in [-0.15, -0.1) is 11.6 Å². The highest BCUT2D eigenvalue weighted by molar-refractivity contribution is 6.29. The molecule has 3 heteroatoms. The van der Waals surface area contributed by atoms with Crippen molar-refractivity contribution in [1.82, 2.24) is 0 Å². The zero-order valence-electron chi connectivity index (χ0n) is 5.44. The fourth-order valence-electron chi connectivity index (χ4n) is 0.226. The number of carbonyl (C=O) groups is 1. The van der Waals surface area contributed by atoms with Gasteiger partial charge in [-0.05, 0) is 0 Å². The van der Waals surface area contributed by atoms with E-state index in [-0.39, 0.29) is 11.7 Å². The van der Waals surface area contributed by atoms with E-state index in [9.17, 15) is 4.79 Å². The van der Waals surface area contributed by atoms with Crippen LogP contribution in [-0.4, -0.2) is 17.2 Å². The van der Waals surface area contributed by atoms with Crippen LogP contribution in [0.4, 0.5) is 0 Å². The van der Waals surface area contributed by atoms with Crippen molar-refractivity contribution in [3.05, 3.63) is 11.4 Å². The highest BCUT2D eigenvalue weighted by atomic mass is 35.5. The summed E-state index contributed by atoms with van der Waals surface area (Å²) in [5.41, 5.74) is -0.929. The van der Waals surface area contributed by atoms with Crippen molar-refractivity contribution in [1.29, 1.82) is 0 Å². The molecule has 0 rings (SSSR count). The third-order valence-corrected chi connectivity index (χ3v) is 1.33. The SMILES string of the molecule is [C-]#[N+]C(C)(C)C(=O)CCl. The van der Waals surface area contributed by atoms with Crippen LogP contribution in [0, 0.1) is 6.57 Å². The molecular formula is C6H8ClNO. The Hall–Kier alpha value is -0.550. The predicted molar refractivity (Wildman–Crippen MR) is 36.4 cm³/mol. The van der Waals surface area contributed by atoms with Crippen LogP contribution in [0.15, 0.2) is 0 Å². The third-order valence-electron chi connectivity index (χ3n) is 1.08. The zero-order chi connectivity index (χ0) is 7.49. The number of nitrogens with zero attached hydrogens (tertiary/aromatic N) is 1. The van der Waals surface area contributed by atoms with E-state index in [0.29, 0.717) is 0 Å². The van der Waals surface area contributed by atoms with Crippen molar-refractivity contribution in [3.8, 4) is 0 Å². The lowest BCUT2D eigenvalue weighted by Crippen LogP contribution is -2.28. The second-order valence-corrected chi connectivity index (χ2v) is 2.49. The van der Waals surface area contributed by atoms with Gasteiger partial charge >= 0.3 is 0 Å². The molecule has 0 aromatic heterocycles. The van der Waals surface area contributed by atoms with Crippen LogP contribution in [0.3, 0.4) is 0 Å². The second kappa shape index (κ2) is 2.84. The van der Waals surface area contributed by atoms with Gasteiger partial charge in [0.1, 0.15) is 0 Å². The molecular weight excluding hydrogens is 138 g/mol. The molecule has 0 heterocycles. The molecule has 0 aliphatic carbocycles. The third kappa shape index (κ3) is 2.03. The molecule has 0 saturated carbocycles. The van der Waals surface area contributed by atoms with E-state index in [0.717, 1.165) is 0 Å². The van der Waals surface area contributed by atoms with E-state index in [1.54, 1.807) is 13.8 Å². The van der Waals surface area contributed by atoms with Crippen molar-refractivity contribution in [2.75, 3.05) is 5.88 Å². The molecule has 0 aromatic carbocycles. The van der Waals surface area contributed by atoms with E-state index in [2.05, 4.69) is 4.85 Å². The first-order valence-electron chi connectivity index (χ1n) is 2.52. The molecule has 0 fully saturated rings. The van der Waals surface area contributed by atoms with Crippen LogP contribution in [0.1, 0.15) is 13.8 Å². The number of Topliss-reactive ketones (excluding diaryl/α,β-unsaturated/α-hetero) is 1. The Kier molecular flexibility index (Phi) is 2.66. The largest absolute Gasteiger partial charge is 0.303 e. The van der Waals surface area contributed by atoms with Gasteiger partial charge < -0.3 is 4.85 Å². The minimum absolute atomic E-state index is 0.0740. The summed E-state index contributed by atoms with van der Waals surface area (Å²) in [6, 6.07) is 0. The van der Waals surface area contributed by atoms with Crippen molar-refractivity contribution in [2.45, 2.75) is 19.4 Å². The Morgan fingerprint density at radius 1 is 1.78 bits per heavy atom. The molecule has 50 valence electrons. The van der Waals surface area contributed by atoms with E-state index in [1.165, 1.54) is 0 Å². The molecule has 0 bridgehead atoms. The molecule has 0 aromatic rings. The van der Waals surface area contributed by atoms with Gasteiger partial charge in [-0.3, -0.25) is 4.79 Å². The van der Waals surface area contributed by atoms with Gasteiger partial charge in [0.15, 0.2) is 0 Å². The van der Waals surface area contributed by atoms with Gasteiger partial charge in [-0.1, -0.05) is 0 Å². The Morgan fingerprint density at radius 3 is 2.33 bits per heavy atom. The first-order chi connectivity index (χ1) is 4.04. The maximum absolute atomic E-state index is 10.7. The second-order valence-electron chi connectivity index (χ2n) is 2.23. The van der Waals surface area contributed by atoms with Crippen molar-refractivity contribution in [3.63, 3.8) is 0 Å². The molecule has 0 unspecified atom stereocenters. The minimum Gasteiger partial charge on any atom is -0.303 e. The van der Waals surface area contributed by atoms with Gasteiger partial charge in [0.05, 0.1) is 5.88 Å². The molecule has 0 saturated heterocycles. The van der Waals surface area contributed by atoms with E-state index in [4.69, 9.17) is 18.2 Å². The lowest BCUT2D eigenvalue weighted by Gasteiger charge is -2.05. The fraction of sp³-hybridized carbons (Fsp3) is 0.667. The highest BCUT2D eigenvalue weighted by Gasteiger charge is 2.31. The van der Waals surface area contributed by atoms with Gasteiger partial charge in [-0.25, -0.2) is 6.57 Å². The first-order valence-corrected chi connectivity index (χ1v) is 3.06. The van der Waals surface area contributed by atoms with Crippen LogP contribution < -0.4 is 0 Å². The number of alkyl halides is 1. The summed E-state index contributed by atoms with van der Waals surface area (Å²) in [6.07, 6.45) is 0. The molecule has 0 aliphatic rings. The van der Waals surface area contributed by atoms with E-state index < -0.39 is 5.54 Å². The number of hydrogen-bond donors (Lipinski definition) is 0. The van der Waals surface area contributed by atoms with Crippen molar-refractivity contribution < 1.29 is 4.79 Å². The van der Waals surface area contributed by atoms with E-state index >= 15 is 0 Å². The van der Waals surface area contributed by atoms with Gasteiger partial charge in [0, 0.05) is 13.8 Å². The molecule has 0 N–H and O–H groups in total. The summed E-state index contributed by atoms with van der Waals surface area (Å²) in [5.74, 6) is -0.297. The van der Waals surface area contributed by atoms with Gasteiger partial charge in [0.25, 0.3) is 5.54 Å². The minimum atomic E-state index is -0.929. The number of carbonyl (C=O) groups excluding carboxylic acids is 1. The molecule has 0 aliphatic heterocycles. The van der Waals surface area contributed by atoms with E-state index in [1.807, 2.05) is 0 Å². The average molecular weight is 146 g/mol. The van der Waals surface area contributed by atoms with Gasteiger partial charge in [0.2, 0.25) is 5.78 Å². The van der Waals surface area contributed by atoms with Crippen molar-refractivity contribution in [2.24, 2.45) is 0 Å². The Labute approximate surface area is 59.6 Å². The molecule has 0 amide bonds. The molecule has 9 heavy (non-hydrogen) atoms. The molecule has 0 atom stereocenters. The standard InChI is InChI=1S/C6H8ClNO/c1-6(2,8-3)5(9)4-7/h4H2,1-2H3. The number of halogens is 1. The fourth-order valence-corrected chi connectivity index (χ4v) is 0.553. The van der Waals surface area contributed by atoms with Crippen LogP contribution >= 0.6 is 11.6 Å². The number of rotatable bonds is 2. The molecule has 0 spiro atoms. The van der Waals surface area contributed by atoms with Crippen LogP contribution in [0.2, 0.25) is 0 Å². The normalized spacial score (nSPS) is 10.4. The highest BCUT2D eigenvalue weighted by Crippen LogP contribution is 2.10. The van der Waals surface area contributed by atoms with Crippen LogP contribution in [-0.2, 0) is 4.79 Å². The monoisotopic (exact) mass is 145 g/mol. The Morgan fingerprint density at radius 2 is 2.22 bits per heavy atom. The summed E-state index contributed by atoms with van der Waals surface area (Å²) in [4.78, 5) is 13.8. The first kappa shape index (κ1) is 8.45. The zero-order valence-corrected chi connectivity index (χ0v) is 6.20.